The Morgan fingerprint density at radius 2 is 2.12 bits per heavy atom. The van der Waals surface area contributed by atoms with E-state index in [0.29, 0.717) is 5.56 Å². The minimum absolute atomic E-state index is 0.0123. The van der Waals surface area contributed by atoms with E-state index in [2.05, 4.69) is 10.0 Å². The lowest BCUT2D eigenvalue weighted by molar-refractivity contribution is 0.327. The first-order chi connectivity index (χ1) is 7.58. The zero-order chi connectivity index (χ0) is 12.0. The number of benzene rings is 1. The molecule has 0 saturated heterocycles. The van der Waals surface area contributed by atoms with Crippen molar-refractivity contribution in [3.8, 4) is 0 Å². The average molecular weight is 241 g/mol. The molecule has 0 amide bonds. The molecule has 1 rings (SSSR count). The summed E-state index contributed by atoms with van der Waals surface area (Å²) in [5.74, 6) is 0. The highest BCUT2D eigenvalue weighted by atomic mass is 32.2. The Labute approximate surface area is 93.6 Å². The lowest BCUT2D eigenvalue weighted by Gasteiger charge is -2.06. The molecule has 0 aliphatic heterocycles. The Hall–Kier alpha value is -1.56. The number of nitrogens with zero attached hydrogens (tertiary/aromatic N) is 3. The molecule has 0 heterocycles. The zero-order valence-electron chi connectivity index (χ0n) is 8.70. The Kier molecular flexibility index (Phi) is 4.30. The summed E-state index contributed by atoms with van der Waals surface area (Å²) in [5.41, 5.74) is 8.63. The highest BCUT2D eigenvalue weighted by Gasteiger charge is 2.16. The minimum Gasteiger partial charge on any atom is -0.266 e. The molecule has 1 aromatic rings. The molecule has 1 aromatic carbocycles. The van der Waals surface area contributed by atoms with E-state index in [4.69, 9.17) is 9.71 Å². The molecule has 0 radical (unpaired) electrons. The second-order valence-electron chi connectivity index (χ2n) is 3.00. The highest BCUT2D eigenvalue weighted by Crippen LogP contribution is 2.16. The van der Waals surface area contributed by atoms with Crippen molar-refractivity contribution in [2.24, 2.45) is 5.11 Å². The first-order valence-corrected chi connectivity index (χ1v) is 5.94. The second-order valence-corrected chi connectivity index (χ2v) is 4.58. The van der Waals surface area contributed by atoms with Crippen molar-refractivity contribution >= 4 is 10.1 Å². The van der Waals surface area contributed by atoms with Crippen LogP contribution in [0.1, 0.15) is 5.56 Å². The van der Waals surface area contributed by atoms with Gasteiger partial charge in [0.1, 0.15) is 0 Å². The molecule has 86 valence electrons. The van der Waals surface area contributed by atoms with Gasteiger partial charge in [-0.05, 0) is 24.1 Å². The third-order valence-electron chi connectivity index (χ3n) is 1.86. The van der Waals surface area contributed by atoms with Crippen LogP contribution in [0.15, 0.2) is 34.3 Å². The fourth-order valence-corrected chi connectivity index (χ4v) is 2.26. The standard InChI is InChI=1S/C9H11N3O3S/c1-8-4-2-3-5-9(8)16(13,14)15-7-6-11-12-10/h2-5H,6-7H2,1H3. The first-order valence-electron chi connectivity index (χ1n) is 4.54. The van der Waals surface area contributed by atoms with Gasteiger partial charge in [0.05, 0.1) is 18.0 Å². The molecule has 6 nitrogen and oxygen atoms in total. The van der Waals surface area contributed by atoms with E-state index in [1.54, 1.807) is 25.1 Å². The van der Waals surface area contributed by atoms with Gasteiger partial charge in [0.25, 0.3) is 10.1 Å². The molecule has 16 heavy (non-hydrogen) atoms. The molecule has 0 spiro atoms. The predicted octanol–water partition coefficient (Wildman–Crippen LogP) is 2.01. The molecule has 0 aromatic heterocycles. The van der Waals surface area contributed by atoms with E-state index in [1.165, 1.54) is 6.07 Å². The van der Waals surface area contributed by atoms with Gasteiger partial charge in [-0.3, -0.25) is 4.18 Å². The largest absolute Gasteiger partial charge is 0.297 e. The number of hydrogen-bond donors (Lipinski definition) is 0. The topological polar surface area (TPSA) is 92.1 Å². The lowest BCUT2D eigenvalue weighted by Crippen LogP contribution is -2.10. The molecule has 0 aliphatic carbocycles. The Morgan fingerprint density at radius 3 is 2.75 bits per heavy atom. The molecule has 0 unspecified atom stereocenters. The number of hydrogen-bond acceptors (Lipinski definition) is 4. The Bertz CT molecular complexity index is 506. The number of azide groups is 1. The summed E-state index contributed by atoms with van der Waals surface area (Å²) >= 11 is 0. The molecule has 0 atom stereocenters. The third-order valence-corrected chi connectivity index (χ3v) is 3.33. The second kappa shape index (κ2) is 5.50. The van der Waals surface area contributed by atoms with Crippen LogP contribution in [0.2, 0.25) is 0 Å². The Balaban J connectivity index is 2.79. The molecule has 0 N–H and O–H groups in total. The molecule has 0 aliphatic rings. The maximum absolute atomic E-state index is 11.7. The van der Waals surface area contributed by atoms with E-state index in [-0.39, 0.29) is 18.0 Å². The van der Waals surface area contributed by atoms with Crippen LogP contribution in [0.5, 0.6) is 0 Å². The molecular formula is C9H11N3O3S. The maximum atomic E-state index is 11.7. The highest BCUT2D eigenvalue weighted by molar-refractivity contribution is 7.86. The summed E-state index contributed by atoms with van der Waals surface area (Å²) in [4.78, 5) is 2.63. The van der Waals surface area contributed by atoms with E-state index in [9.17, 15) is 8.42 Å². The molecular weight excluding hydrogens is 230 g/mol. The van der Waals surface area contributed by atoms with Crippen LogP contribution < -0.4 is 0 Å². The quantitative estimate of drug-likeness (QED) is 0.259. The minimum atomic E-state index is -3.75. The summed E-state index contributed by atoms with van der Waals surface area (Å²) in [7, 11) is -3.75. The van der Waals surface area contributed by atoms with E-state index in [0.717, 1.165) is 0 Å². The van der Waals surface area contributed by atoms with Gasteiger partial charge in [0.2, 0.25) is 0 Å². The van der Waals surface area contributed by atoms with Crippen molar-refractivity contribution in [2.45, 2.75) is 11.8 Å². The van der Waals surface area contributed by atoms with Gasteiger partial charge in [-0.15, -0.1) is 0 Å². The molecule has 7 heteroatoms. The fraction of sp³-hybridized carbons (Fsp3) is 0.333. The number of rotatable bonds is 5. The summed E-state index contributed by atoms with van der Waals surface area (Å²) in [6.07, 6.45) is 0. The normalized spacial score (nSPS) is 10.8. The van der Waals surface area contributed by atoms with Gasteiger partial charge < -0.3 is 0 Å². The van der Waals surface area contributed by atoms with Crippen LogP contribution in [0.3, 0.4) is 0 Å². The van der Waals surface area contributed by atoms with Crippen LogP contribution >= 0.6 is 0 Å². The van der Waals surface area contributed by atoms with E-state index < -0.39 is 10.1 Å². The van der Waals surface area contributed by atoms with Crippen molar-refractivity contribution < 1.29 is 12.6 Å². The van der Waals surface area contributed by atoms with Gasteiger partial charge in [-0.25, -0.2) is 0 Å². The third kappa shape index (κ3) is 3.23. The van der Waals surface area contributed by atoms with Gasteiger partial charge >= 0.3 is 0 Å². The van der Waals surface area contributed by atoms with Gasteiger partial charge in [0, 0.05) is 4.91 Å². The molecule has 0 saturated carbocycles. The van der Waals surface area contributed by atoms with Gasteiger partial charge in [-0.1, -0.05) is 23.3 Å². The first kappa shape index (κ1) is 12.5. The summed E-state index contributed by atoms with van der Waals surface area (Å²) in [6.45, 7) is 1.52. The maximum Gasteiger partial charge on any atom is 0.297 e. The van der Waals surface area contributed by atoms with Gasteiger partial charge in [0.15, 0.2) is 0 Å². The van der Waals surface area contributed by atoms with Gasteiger partial charge in [-0.2, -0.15) is 8.42 Å². The summed E-state index contributed by atoms with van der Waals surface area (Å²) in [5, 5.41) is 3.18. The van der Waals surface area contributed by atoms with Crippen LogP contribution in [-0.4, -0.2) is 21.6 Å². The van der Waals surface area contributed by atoms with Crippen LogP contribution in [0, 0.1) is 6.92 Å². The van der Waals surface area contributed by atoms with Crippen LogP contribution in [0.4, 0.5) is 0 Å². The van der Waals surface area contributed by atoms with Crippen molar-refractivity contribution in [2.75, 3.05) is 13.2 Å². The fourth-order valence-electron chi connectivity index (χ4n) is 1.13. The van der Waals surface area contributed by atoms with Crippen molar-refractivity contribution in [3.63, 3.8) is 0 Å². The summed E-state index contributed by atoms with van der Waals surface area (Å²) < 4.78 is 28.0. The van der Waals surface area contributed by atoms with Crippen LogP contribution in [0.25, 0.3) is 10.4 Å². The zero-order valence-corrected chi connectivity index (χ0v) is 9.51. The van der Waals surface area contributed by atoms with Crippen molar-refractivity contribution in [3.05, 3.63) is 40.3 Å². The SMILES string of the molecule is Cc1ccccc1S(=O)(=O)OCCN=[N+]=[N-]. The molecule has 0 fully saturated rings. The predicted molar refractivity (Wildman–Crippen MR) is 58.3 cm³/mol. The number of aryl methyl sites for hydroxylation is 1. The van der Waals surface area contributed by atoms with Crippen molar-refractivity contribution in [1.29, 1.82) is 0 Å². The summed E-state index contributed by atoms with van der Waals surface area (Å²) in [6, 6.07) is 6.52. The Morgan fingerprint density at radius 1 is 1.44 bits per heavy atom. The van der Waals surface area contributed by atoms with E-state index >= 15 is 0 Å². The lowest BCUT2D eigenvalue weighted by atomic mass is 10.2. The van der Waals surface area contributed by atoms with E-state index in [1.807, 2.05) is 0 Å². The smallest absolute Gasteiger partial charge is 0.266 e. The average Bonchev–Trinajstić information content (AvgIpc) is 2.25. The monoisotopic (exact) mass is 241 g/mol. The van der Waals surface area contributed by atoms with Crippen molar-refractivity contribution in [1.82, 2.24) is 0 Å². The van der Waals surface area contributed by atoms with Crippen LogP contribution in [-0.2, 0) is 14.3 Å². The molecule has 0 bridgehead atoms.